The van der Waals surface area contributed by atoms with Crippen molar-refractivity contribution in [3.05, 3.63) is 28.3 Å². The zero-order chi connectivity index (χ0) is 21.2. The molecular weight excluding hydrogens is 414 g/mol. The number of carbonyl (C=O) groups excluding carboxylic acids is 2. The van der Waals surface area contributed by atoms with E-state index < -0.39 is 27.1 Å². The summed E-state index contributed by atoms with van der Waals surface area (Å²) in [5.41, 5.74) is 0.107. The summed E-state index contributed by atoms with van der Waals surface area (Å²) in [4.78, 5) is 24.4. The Bertz CT molecular complexity index is 959. The number of aliphatic hydroxyl groups is 1. The molecule has 0 spiro atoms. The molecule has 1 aliphatic heterocycles. The van der Waals surface area contributed by atoms with Gasteiger partial charge in [0.25, 0.3) is 0 Å². The van der Waals surface area contributed by atoms with Gasteiger partial charge in [-0.25, -0.2) is 4.21 Å². The van der Waals surface area contributed by atoms with E-state index in [0.29, 0.717) is 23.7 Å². The first-order valence-corrected chi connectivity index (χ1v) is 12.2. The first kappa shape index (κ1) is 21.8. The van der Waals surface area contributed by atoms with Crippen LogP contribution in [-0.4, -0.2) is 38.5 Å². The van der Waals surface area contributed by atoms with Gasteiger partial charge in [0.05, 0.1) is 20.9 Å². The van der Waals surface area contributed by atoms with E-state index in [2.05, 4.69) is 4.36 Å². The number of allylic oxidation sites excluding steroid dienone is 1. The summed E-state index contributed by atoms with van der Waals surface area (Å²) in [5.74, 6) is 0.0947. The van der Waals surface area contributed by atoms with Crippen molar-refractivity contribution in [1.82, 2.24) is 0 Å². The minimum atomic E-state index is -2.48. The maximum atomic E-state index is 13.2. The van der Waals surface area contributed by atoms with Gasteiger partial charge >= 0.3 is 0 Å². The Hall–Kier alpha value is -1.86. The second-order valence-electron chi connectivity index (χ2n) is 7.70. The number of nitrogens with zero attached hydrogens (tertiary/aromatic N) is 1. The van der Waals surface area contributed by atoms with Gasteiger partial charge in [0.2, 0.25) is 0 Å². The van der Waals surface area contributed by atoms with Gasteiger partial charge < -0.3 is 9.84 Å². The van der Waals surface area contributed by atoms with Crippen LogP contribution in [0.1, 0.15) is 57.9 Å². The average molecular weight is 440 g/mol. The Morgan fingerprint density at radius 2 is 1.72 bits per heavy atom. The highest BCUT2D eigenvalue weighted by Gasteiger charge is 2.29. The number of carbonyl (C=O) groups is 2. The fourth-order valence-electron chi connectivity index (χ4n) is 3.57. The molecule has 1 aromatic carbocycles. The molecule has 0 aromatic heterocycles. The smallest absolute Gasteiger partial charge is 0.170 e. The van der Waals surface area contributed by atoms with Crippen LogP contribution in [0.2, 0.25) is 5.02 Å². The molecule has 1 saturated heterocycles. The first-order valence-electron chi connectivity index (χ1n) is 9.93. The molecule has 158 valence electrons. The summed E-state index contributed by atoms with van der Waals surface area (Å²) in [6, 6.07) is 3.09. The number of Topliss-reactive ketones (excluding diaryl/α,β-unsaturated/α-hetero) is 2. The molecule has 6 nitrogen and oxygen atoms in total. The van der Waals surface area contributed by atoms with Crippen molar-refractivity contribution in [2.24, 2.45) is 4.36 Å². The van der Waals surface area contributed by atoms with E-state index in [0.717, 1.165) is 19.3 Å². The number of ether oxygens (including phenoxy) is 1. The molecule has 0 radical (unpaired) electrons. The van der Waals surface area contributed by atoms with Gasteiger partial charge in [-0.3, -0.25) is 9.59 Å². The second-order valence-corrected chi connectivity index (χ2v) is 10.6. The number of hydrogen-bond acceptors (Lipinski definition) is 6. The van der Waals surface area contributed by atoms with Crippen molar-refractivity contribution in [3.8, 4) is 5.75 Å². The third-order valence-corrected chi connectivity index (χ3v) is 7.73. The lowest BCUT2D eigenvalue weighted by molar-refractivity contribution is -0.123. The Morgan fingerprint density at radius 1 is 1.10 bits per heavy atom. The van der Waals surface area contributed by atoms with Gasteiger partial charge in [-0.15, -0.1) is 0 Å². The zero-order valence-electron chi connectivity index (χ0n) is 16.7. The molecule has 2 aliphatic rings. The van der Waals surface area contributed by atoms with Gasteiger partial charge in [0.15, 0.2) is 11.6 Å². The number of ketones is 2. The molecule has 2 fully saturated rings. The Labute approximate surface area is 176 Å². The SMILES string of the molecule is CC(C)Oc1ccc(C(O)=C2C(=O)CCCC2=O)c(Cl)c1N=S1(=O)CCCCC1. The number of halogens is 1. The van der Waals surface area contributed by atoms with Crippen molar-refractivity contribution >= 4 is 44.3 Å². The van der Waals surface area contributed by atoms with Crippen LogP contribution in [0.4, 0.5) is 5.69 Å². The van der Waals surface area contributed by atoms with Crippen LogP contribution in [0.3, 0.4) is 0 Å². The molecule has 1 saturated carbocycles. The number of hydrogen-bond donors (Lipinski definition) is 1. The fourth-order valence-corrected chi connectivity index (χ4v) is 6.12. The van der Waals surface area contributed by atoms with Gasteiger partial charge in [0.1, 0.15) is 22.8 Å². The van der Waals surface area contributed by atoms with Crippen molar-refractivity contribution in [2.45, 2.75) is 58.5 Å². The van der Waals surface area contributed by atoms with Gasteiger partial charge in [-0.1, -0.05) is 18.0 Å². The van der Waals surface area contributed by atoms with Crippen molar-refractivity contribution in [2.75, 3.05) is 11.5 Å². The Morgan fingerprint density at radius 3 is 2.31 bits per heavy atom. The summed E-state index contributed by atoms with van der Waals surface area (Å²) < 4.78 is 23.5. The highest BCUT2D eigenvalue weighted by molar-refractivity contribution is 7.93. The molecule has 1 aromatic rings. The lowest BCUT2D eigenvalue weighted by Crippen LogP contribution is -2.20. The van der Waals surface area contributed by atoms with E-state index >= 15 is 0 Å². The van der Waals surface area contributed by atoms with Crippen molar-refractivity contribution in [1.29, 1.82) is 0 Å². The van der Waals surface area contributed by atoms with Crippen LogP contribution in [0.5, 0.6) is 5.75 Å². The standard InChI is InChI=1S/C21H26ClNO5S/c1-13(2)28-17-10-9-14(21(26)18-15(24)7-6-8-16(18)25)19(22)20(17)23-29(27)11-4-3-5-12-29/h9-10,13,26H,3-8,11-12H2,1-2H3. The van der Waals surface area contributed by atoms with E-state index in [9.17, 15) is 18.9 Å². The summed E-state index contributed by atoms with van der Waals surface area (Å²) >= 11 is 6.57. The molecular formula is C21H26ClNO5S. The quantitative estimate of drug-likeness (QED) is 0.404. The highest BCUT2D eigenvalue weighted by atomic mass is 35.5. The van der Waals surface area contributed by atoms with E-state index in [1.54, 1.807) is 6.07 Å². The number of rotatable bonds is 4. The summed E-state index contributed by atoms with van der Waals surface area (Å²) in [6.07, 6.45) is 3.42. The van der Waals surface area contributed by atoms with Crippen LogP contribution >= 0.6 is 11.6 Å². The monoisotopic (exact) mass is 439 g/mol. The minimum absolute atomic E-state index is 0.0348. The van der Waals surface area contributed by atoms with Gasteiger partial charge in [-0.2, -0.15) is 4.36 Å². The van der Waals surface area contributed by atoms with E-state index in [-0.39, 0.29) is 40.8 Å². The average Bonchev–Trinajstić information content (AvgIpc) is 2.64. The number of benzene rings is 1. The lowest BCUT2D eigenvalue weighted by Gasteiger charge is -2.20. The molecule has 8 heteroatoms. The number of aliphatic hydroxyl groups excluding tert-OH is 1. The highest BCUT2D eigenvalue weighted by Crippen LogP contribution is 2.42. The van der Waals surface area contributed by atoms with E-state index in [4.69, 9.17) is 16.3 Å². The molecule has 1 heterocycles. The second kappa shape index (κ2) is 8.88. The van der Waals surface area contributed by atoms with Crippen LogP contribution in [0.25, 0.3) is 5.76 Å². The largest absolute Gasteiger partial charge is 0.506 e. The summed E-state index contributed by atoms with van der Waals surface area (Å²) in [7, 11) is -2.48. The fraction of sp³-hybridized carbons (Fsp3) is 0.524. The maximum Gasteiger partial charge on any atom is 0.170 e. The van der Waals surface area contributed by atoms with Gasteiger partial charge in [0, 0.05) is 29.9 Å². The van der Waals surface area contributed by atoms with Crippen LogP contribution in [-0.2, 0) is 19.3 Å². The van der Waals surface area contributed by atoms with E-state index in [1.807, 2.05) is 13.8 Å². The molecule has 0 atom stereocenters. The van der Waals surface area contributed by atoms with Crippen LogP contribution in [0, 0.1) is 0 Å². The molecule has 0 unspecified atom stereocenters. The molecule has 0 amide bonds. The van der Waals surface area contributed by atoms with E-state index in [1.165, 1.54) is 6.07 Å². The van der Waals surface area contributed by atoms with Crippen molar-refractivity contribution < 1.29 is 23.6 Å². The third kappa shape index (κ3) is 4.83. The predicted molar refractivity (Wildman–Crippen MR) is 114 cm³/mol. The van der Waals surface area contributed by atoms with Crippen LogP contribution < -0.4 is 4.74 Å². The van der Waals surface area contributed by atoms with Gasteiger partial charge in [-0.05, 0) is 45.2 Å². The molecule has 1 aliphatic carbocycles. The summed E-state index contributed by atoms with van der Waals surface area (Å²) in [6.45, 7) is 3.70. The normalized spacial score (nSPS) is 19.4. The third-order valence-electron chi connectivity index (χ3n) is 4.98. The predicted octanol–water partition coefficient (Wildman–Crippen LogP) is 5.00. The lowest BCUT2D eigenvalue weighted by atomic mass is 9.89. The topological polar surface area (TPSA) is 93.0 Å². The maximum absolute atomic E-state index is 13.2. The van der Waals surface area contributed by atoms with Crippen LogP contribution in [0.15, 0.2) is 22.1 Å². The Balaban J connectivity index is 2.18. The van der Waals surface area contributed by atoms with Crippen molar-refractivity contribution in [3.63, 3.8) is 0 Å². The molecule has 0 bridgehead atoms. The minimum Gasteiger partial charge on any atom is -0.506 e. The summed E-state index contributed by atoms with van der Waals surface area (Å²) in [5, 5.41) is 10.8. The molecule has 3 rings (SSSR count). The zero-order valence-corrected chi connectivity index (χ0v) is 18.3. The molecule has 29 heavy (non-hydrogen) atoms. The molecule has 1 N–H and O–H groups in total. The first-order chi connectivity index (χ1) is 13.7. The Kier molecular flexibility index (Phi) is 6.69.